The van der Waals surface area contributed by atoms with Gasteiger partial charge in [0.05, 0.1) is 5.69 Å². The van der Waals surface area contributed by atoms with Crippen molar-refractivity contribution in [2.45, 2.75) is 19.4 Å². The largest absolute Gasteiger partial charge is 0.313 e. The highest BCUT2D eigenvalue weighted by Gasteiger charge is 2.14. The van der Waals surface area contributed by atoms with Crippen LogP contribution in [0.1, 0.15) is 22.9 Å². The predicted molar refractivity (Wildman–Crippen MR) is 75.4 cm³/mol. The second-order valence-electron chi connectivity index (χ2n) is 4.43. The van der Waals surface area contributed by atoms with E-state index in [1.165, 1.54) is 11.1 Å². The van der Waals surface area contributed by atoms with Gasteiger partial charge in [0.2, 0.25) is 0 Å². The van der Waals surface area contributed by atoms with Crippen LogP contribution >= 0.6 is 15.9 Å². The Morgan fingerprint density at radius 1 is 1.44 bits per heavy atom. The van der Waals surface area contributed by atoms with Crippen LogP contribution in [-0.4, -0.2) is 22.0 Å². The van der Waals surface area contributed by atoms with Crippen LogP contribution in [0.2, 0.25) is 0 Å². The van der Waals surface area contributed by atoms with Gasteiger partial charge in [0, 0.05) is 30.2 Å². The summed E-state index contributed by atoms with van der Waals surface area (Å²) in [6.45, 7) is 2.13. The zero-order chi connectivity index (χ0) is 13.1. The molecule has 0 fully saturated rings. The fourth-order valence-corrected chi connectivity index (χ4v) is 2.57. The minimum absolute atomic E-state index is 0.259. The maximum atomic E-state index is 4.14. The van der Waals surface area contributed by atoms with Gasteiger partial charge >= 0.3 is 0 Å². The zero-order valence-corrected chi connectivity index (χ0v) is 12.4. The standard InChI is InChI=1S/C13H17BrN4/c1-9-6-10(14)4-5-12(9)13(15-2)7-11-8-18(3)17-16-11/h4-6,8,13,15H,7H2,1-3H3. The van der Waals surface area contributed by atoms with E-state index in [0.717, 1.165) is 16.6 Å². The summed E-state index contributed by atoms with van der Waals surface area (Å²) in [5.74, 6) is 0. The van der Waals surface area contributed by atoms with Gasteiger partial charge in [0.1, 0.15) is 0 Å². The van der Waals surface area contributed by atoms with E-state index in [0.29, 0.717) is 0 Å². The highest BCUT2D eigenvalue weighted by atomic mass is 79.9. The second kappa shape index (κ2) is 5.63. The van der Waals surface area contributed by atoms with Gasteiger partial charge in [-0.1, -0.05) is 27.2 Å². The van der Waals surface area contributed by atoms with Gasteiger partial charge in [-0.05, 0) is 37.2 Å². The Morgan fingerprint density at radius 2 is 2.22 bits per heavy atom. The van der Waals surface area contributed by atoms with Crippen molar-refractivity contribution in [1.82, 2.24) is 20.3 Å². The summed E-state index contributed by atoms with van der Waals surface area (Å²) >= 11 is 3.49. The number of aromatic nitrogens is 3. The summed E-state index contributed by atoms with van der Waals surface area (Å²) in [5.41, 5.74) is 3.57. The van der Waals surface area contributed by atoms with Gasteiger partial charge in [-0.15, -0.1) is 5.10 Å². The molecule has 96 valence electrons. The number of halogens is 1. The molecular formula is C13H17BrN4. The monoisotopic (exact) mass is 308 g/mol. The van der Waals surface area contributed by atoms with Crippen LogP contribution in [0.15, 0.2) is 28.9 Å². The van der Waals surface area contributed by atoms with E-state index in [-0.39, 0.29) is 6.04 Å². The van der Waals surface area contributed by atoms with E-state index >= 15 is 0 Å². The molecule has 0 amide bonds. The van der Waals surface area contributed by atoms with Crippen molar-refractivity contribution in [2.75, 3.05) is 7.05 Å². The minimum Gasteiger partial charge on any atom is -0.313 e. The number of likely N-dealkylation sites (N-methyl/N-ethyl adjacent to an activating group) is 1. The Bertz CT molecular complexity index is 536. The Labute approximate surface area is 116 Å². The average molecular weight is 309 g/mol. The van der Waals surface area contributed by atoms with E-state index in [1.54, 1.807) is 4.68 Å². The van der Waals surface area contributed by atoms with E-state index in [4.69, 9.17) is 0 Å². The number of nitrogens with one attached hydrogen (secondary N) is 1. The van der Waals surface area contributed by atoms with Gasteiger partial charge in [0.25, 0.3) is 0 Å². The lowest BCUT2D eigenvalue weighted by atomic mass is 9.98. The summed E-state index contributed by atoms with van der Waals surface area (Å²) in [5, 5.41) is 11.4. The van der Waals surface area contributed by atoms with Gasteiger partial charge in [-0.25, -0.2) is 0 Å². The third-order valence-corrected chi connectivity index (χ3v) is 3.51. The third-order valence-electron chi connectivity index (χ3n) is 3.02. The normalized spacial score (nSPS) is 12.7. The van der Waals surface area contributed by atoms with Crippen LogP contribution in [0.5, 0.6) is 0 Å². The first kappa shape index (κ1) is 13.2. The van der Waals surface area contributed by atoms with Gasteiger partial charge in [0.15, 0.2) is 0 Å². The number of hydrogen-bond donors (Lipinski definition) is 1. The van der Waals surface area contributed by atoms with Crippen LogP contribution in [0, 0.1) is 6.92 Å². The molecular weight excluding hydrogens is 292 g/mol. The van der Waals surface area contributed by atoms with E-state index in [1.807, 2.05) is 20.3 Å². The third kappa shape index (κ3) is 2.97. The number of aryl methyl sites for hydroxylation is 2. The predicted octanol–water partition coefficient (Wildman–Crippen LogP) is 2.39. The summed E-state index contributed by atoms with van der Waals surface area (Å²) in [6, 6.07) is 6.62. The molecule has 1 atom stereocenters. The number of hydrogen-bond acceptors (Lipinski definition) is 3. The van der Waals surface area contributed by atoms with Crippen LogP contribution in [0.4, 0.5) is 0 Å². The summed E-state index contributed by atoms with van der Waals surface area (Å²) in [7, 11) is 3.86. The molecule has 0 spiro atoms. The highest BCUT2D eigenvalue weighted by Crippen LogP contribution is 2.23. The van der Waals surface area contributed by atoms with Gasteiger partial charge in [-0.3, -0.25) is 4.68 Å². The summed E-state index contributed by atoms with van der Waals surface area (Å²) in [6.07, 6.45) is 2.80. The second-order valence-corrected chi connectivity index (χ2v) is 5.35. The molecule has 1 unspecified atom stereocenters. The van der Waals surface area contributed by atoms with Crippen molar-refractivity contribution >= 4 is 15.9 Å². The van der Waals surface area contributed by atoms with E-state index in [9.17, 15) is 0 Å². The molecule has 1 heterocycles. The van der Waals surface area contributed by atoms with Gasteiger partial charge in [-0.2, -0.15) is 0 Å². The fraction of sp³-hybridized carbons (Fsp3) is 0.385. The number of rotatable bonds is 4. The van der Waals surface area contributed by atoms with Crippen molar-refractivity contribution < 1.29 is 0 Å². The van der Waals surface area contributed by atoms with Crippen molar-refractivity contribution in [2.24, 2.45) is 7.05 Å². The van der Waals surface area contributed by atoms with Crippen LogP contribution in [0.3, 0.4) is 0 Å². The molecule has 0 aliphatic carbocycles. The zero-order valence-electron chi connectivity index (χ0n) is 10.8. The smallest absolute Gasteiger partial charge is 0.0845 e. The molecule has 1 aromatic carbocycles. The highest BCUT2D eigenvalue weighted by molar-refractivity contribution is 9.10. The summed E-state index contributed by atoms with van der Waals surface area (Å²) in [4.78, 5) is 0. The lowest BCUT2D eigenvalue weighted by Gasteiger charge is -2.18. The Kier molecular flexibility index (Phi) is 4.14. The minimum atomic E-state index is 0.259. The lowest BCUT2D eigenvalue weighted by Crippen LogP contribution is -2.20. The molecule has 0 saturated heterocycles. The molecule has 0 aliphatic rings. The Morgan fingerprint density at radius 3 is 2.78 bits per heavy atom. The van der Waals surface area contributed by atoms with E-state index in [2.05, 4.69) is 56.7 Å². The lowest BCUT2D eigenvalue weighted by molar-refractivity contribution is 0.580. The SMILES string of the molecule is CNC(Cc1cn(C)nn1)c1ccc(Br)cc1C. The van der Waals surface area contributed by atoms with Crippen molar-refractivity contribution in [1.29, 1.82) is 0 Å². The molecule has 2 rings (SSSR count). The van der Waals surface area contributed by atoms with Crippen LogP contribution < -0.4 is 5.32 Å². The first-order valence-electron chi connectivity index (χ1n) is 5.88. The van der Waals surface area contributed by atoms with Crippen molar-refractivity contribution in [3.8, 4) is 0 Å². The van der Waals surface area contributed by atoms with Crippen LogP contribution in [0.25, 0.3) is 0 Å². The van der Waals surface area contributed by atoms with Crippen molar-refractivity contribution in [3.63, 3.8) is 0 Å². The van der Waals surface area contributed by atoms with Crippen molar-refractivity contribution in [3.05, 3.63) is 45.7 Å². The maximum Gasteiger partial charge on any atom is 0.0845 e. The molecule has 2 aromatic rings. The first-order chi connectivity index (χ1) is 8.60. The molecule has 0 bridgehead atoms. The topological polar surface area (TPSA) is 42.7 Å². The molecule has 1 aromatic heterocycles. The van der Waals surface area contributed by atoms with Crippen LogP contribution in [-0.2, 0) is 13.5 Å². The number of nitrogens with zero attached hydrogens (tertiary/aromatic N) is 3. The summed E-state index contributed by atoms with van der Waals surface area (Å²) < 4.78 is 2.84. The molecule has 1 N–H and O–H groups in total. The molecule has 0 aliphatic heterocycles. The molecule has 0 radical (unpaired) electrons. The molecule has 0 saturated carbocycles. The molecule has 5 heteroatoms. The average Bonchev–Trinajstić information content (AvgIpc) is 2.72. The molecule has 4 nitrogen and oxygen atoms in total. The molecule has 18 heavy (non-hydrogen) atoms. The van der Waals surface area contributed by atoms with E-state index < -0.39 is 0 Å². The quantitative estimate of drug-likeness (QED) is 0.943. The maximum absolute atomic E-state index is 4.14. The fourth-order valence-electron chi connectivity index (χ4n) is 2.10. The Balaban J connectivity index is 2.22. The Hall–Kier alpha value is -1.20. The van der Waals surface area contributed by atoms with Gasteiger partial charge < -0.3 is 5.32 Å². The first-order valence-corrected chi connectivity index (χ1v) is 6.68. The number of benzene rings is 1.